The number of hydrogen-bond acceptors (Lipinski definition) is 3. The van der Waals surface area contributed by atoms with Crippen LogP contribution in [0.1, 0.15) is 25.3 Å². The lowest BCUT2D eigenvalue weighted by Crippen LogP contribution is -2.28. The topological polar surface area (TPSA) is 75.6 Å². The van der Waals surface area contributed by atoms with Gasteiger partial charge in [0.2, 0.25) is 0 Å². The van der Waals surface area contributed by atoms with Crippen LogP contribution in [-0.4, -0.2) is 29.7 Å². The molecule has 1 aromatic rings. The number of benzene rings is 1. The van der Waals surface area contributed by atoms with Gasteiger partial charge in [0.1, 0.15) is 6.10 Å². The molecule has 2 N–H and O–H groups in total. The molecule has 1 unspecified atom stereocenters. The van der Waals surface area contributed by atoms with E-state index in [1.54, 1.807) is 25.1 Å². The third-order valence-corrected chi connectivity index (χ3v) is 2.91. The Morgan fingerprint density at radius 3 is 2.62 bits per heavy atom. The van der Waals surface area contributed by atoms with Gasteiger partial charge in [-0.15, -0.1) is 6.58 Å². The Kier molecular flexibility index (Phi) is 7.18. The van der Waals surface area contributed by atoms with Crippen LogP contribution < -0.4 is 5.32 Å². The van der Waals surface area contributed by atoms with E-state index in [1.165, 1.54) is 0 Å². The number of carboxylic acid groups (broad SMARTS) is 1. The van der Waals surface area contributed by atoms with Crippen LogP contribution in [0.2, 0.25) is 0 Å². The predicted octanol–water partition coefficient (Wildman–Crippen LogP) is 2.62. The molecule has 0 saturated carbocycles. The predicted molar refractivity (Wildman–Crippen MR) is 81.3 cm³/mol. The number of rotatable bonds is 9. The molecule has 1 amide bonds. The van der Waals surface area contributed by atoms with E-state index >= 15 is 0 Å². The van der Waals surface area contributed by atoms with Crippen LogP contribution in [0, 0.1) is 0 Å². The molecule has 21 heavy (non-hydrogen) atoms. The number of aliphatic carboxylic acids is 1. The van der Waals surface area contributed by atoms with Crippen molar-refractivity contribution in [3.63, 3.8) is 0 Å². The average molecular weight is 291 g/mol. The van der Waals surface area contributed by atoms with Crippen LogP contribution in [0.25, 0.3) is 0 Å². The zero-order valence-electron chi connectivity index (χ0n) is 12.2. The standard InChI is InChI=1S/C16H21NO4/c1-3-4-11-21-12(2)16(20)17-14-8-5-13(6-9-14)7-10-15(18)19/h3,5-6,8-9,12H,1,4,7,10-11H2,2H3,(H,17,20)(H,18,19). The van der Waals surface area contributed by atoms with Crippen LogP contribution in [-0.2, 0) is 20.7 Å². The Morgan fingerprint density at radius 2 is 2.05 bits per heavy atom. The molecule has 0 bridgehead atoms. The van der Waals surface area contributed by atoms with Crippen molar-refractivity contribution >= 4 is 17.6 Å². The molecule has 0 aliphatic carbocycles. The number of carbonyl (C=O) groups is 2. The van der Waals surface area contributed by atoms with E-state index < -0.39 is 12.1 Å². The van der Waals surface area contributed by atoms with Gasteiger partial charge in [0, 0.05) is 12.1 Å². The summed E-state index contributed by atoms with van der Waals surface area (Å²) in [5.74, 6) is -1.03. The van der Waals surface area contributed by atoms with Gasteiger partial charge in [0.25, 0.3) is 5.91 Å². The maximum atomic E-state index is 11.9. The van der Waals surface area contributed by atoms with Gasteiger partial charge in [-0.3, -0.25) is 9.59 Å². The molecular formula is C16H21NO4. The van der Waals surface area contributed by atoms with Crippen LogP contribution in [0.5, 0.6) is 0 Å². The van der Waals surface area contributed by atoms with Crippen molar-refractivity contribution in [2.24, 2.45) is 0 Å². The number of nitrogens with one attached hydrogen (secondary N) is 1. The Labute approximate surface area is 124 Å². The molecule has 114 valence electrons. The second-order valence-electron chi connectivity index (χ2n) is 4.67. The highest BCUT2D eigenvalue weighted by atomic mass is 16.5. The molecular weight excluding hydrogens is 270 g/mol. The second-order valence-corrected chi connectivity index (χ2v) is 4.67. The maximum absolute atomic E-state index is 11.9. The highest BCUT2D eigenvalue weighted by molar-refractivity contribution is 5.93. The average Bonchev–Trinajstić information content (AvgIpc) is 2.46. The lowest BCUT2D eigenvalue weighted by molar-refractivity contribution is -0.137. The zero-order valence-corrected chi connectivity index (χ0v) is 12.2. The minimum Gasteiger partial charge on any atom is -0.481 e. The smallest absolute Gasteiger partial charge is 0.303 e. The number of anilines is 1. The third kappa shape index (κ3) is 6.72. The lowest BCUT2D eigenvalue weighted by Gasteiger charge is -2.13. The van der Waals surface area contributed by atoms with Crippen molar-refractivity contribution in [3.05, 3.63) is 42.5 Å². The summed E-state index contributed by atoms with van der Waals surface area (Å²) < 4.78 is 5.36. The highest BCUT2D eigenvalue weighted by Crippen LogP contribution is 2.12. The third-order valence-electron chi connectivity index (χ3n) is 2.91. The van der Waals surface area contributed by atoms with Crippen molar-refractivity contribution in [3.8, 4) is 0 Å². The van der Waals surface area contributed by atoms with Crippen molar-refractivity contribution in [1.29, 1.82) is 0 Å². The molecule has 0 aromatic heterocycles. The van der Waals surface area contributed by atoms with Crippen molar-refractivity contribution in [2.45, 2.75) is 32.3 Å². The molecule has 1 aromatic carbocycles. The van der Waals surface area contributed by atoms with Crippen LogP contribution in [0.15, 0.2) is 36.9 Å². The van der Waals surface area contributed by atoms with E-state index in [9.17, 15) is 9.59 Å². The van der Waals surface area contributed by atoms with E-state index in [0.29, 0.717) is 25.1 Å². The first kappa shape index (κ1) is 16.9. The number of hydrogen-bond donors (Lipinski definition) is 2. The van der Waals surface area contributed by atoms with Crippen LogP contribution in [0.4, 0.5) is 5.69 Å². The highest BCUT2D eigenvalue weighted by Gasteiger charge is 2.12. The Hall–Kier alpha value is -2.14. The van der Waals surface area contributed by atoms with E-state index in [2.05, 4.69) is 11.9 Å². The van der Waals surface area contributed by atoms with Gasteiger partial charge in [0.15, 0.2) is 0 Å². The molecule has 5 heteroatoms. The number of amides is 1. The summed E-state index contributed by atoms with van der Waals surface area (Å²) in [4.78, 5) is 22.4. The summed E-state index contributed by atoms with van der Waals surface area (Å²) >= 11 is 0. The van der Waals surface area contributed by atoms with Crippen molar-refractivity contribution in [1.82, 2.24) is 0 Å². The van der Waals surface area contributed by atoms with E-state index in [4.69, 9.17) is 9.84 Å². The van der Waals surface area contributed by atoms with Gasteiger partial charge in [-0.2, -0.15) is 0 Å². The second kappa shape index (κ2) is 8.92. The van der Waals surface area contributed by atoms with E-state index in [0.717, 1.165) is 5.56 Å². The number of carbonyl (C=O) groups excluding carboxylic acids is 1. The molecule has 0 spiro atoms. The van der Waals surface area contributed by atoms with E-state index in [-0.39, 0.29) is 12.3 Å². The SMILES string of the molecule is C=CCCOC(C)C(=O)Nc1ccc(CCC(=O)O)cc1. The van der Waals surface area contributed by atoms with Crippen molar-refractivity contribution in [2.75, 3.05) is 11.9 Å². The Morgan fingerprint density at radius 1 is 1.38 bits per heavy atom. The monoisotopic (exact) mass is 291 g/mol. The Bertz CT molecular complexity index is 482. The molecule has 0 radical (unpaired) electrons. The summed E-state index contributed by atoms with van der Waals surface area (Å²) in [7, 11) is 0. The van der Waals surface area contributed by atoms with Gasteiger partial charge >= 0.3 is 5.97 Å². The first-order valence-corrected chi connectivity index (χ1v) is 6.87. The fourth-order valence-electron chi connectivity index (χ4n) is 1.65. The van der Waals surface area contributed by atoms with Gasteiger partial charge in [-0.25, -0.2) is 0 Å². The van der Waals surface area contributed by atoms with Crippen molar-refractivity contribution < 1.29 is 19.4 Å². The molecule has 0 saturated heterocycles. The zero-order chi connectivity index (χ0) is 15.7. The van der Waals surface area contributed by atoms with Gasteiger partial charge < -0.3 is 15.2 Å². The van der Waals surface area contributed by atoms with Gasteiger partial charge in [-0.05, 0) is 37.5 Å². The molecule has 1 rings (SSSR count). The minimum atomic E-state index is -0.821. The van der Waals surface area contributed by atoms with E-state index in [1.807, 2.05) is 12.1 Å². The number of ether oxygens (including phenoxy) is 1. The molecule has 0 aliphatic rings. The minimum absolute atomic E-state index is 0.0971. The summed E-state index contributed by atoms with van der Waals surface area (Å²) in [6.45, 7) is 5.75. The quantitative estimate of drug-likeness (QED) is 0.541. The number of carboxylic acids is 1. The molecule has 0 aliphatic heterocycles. The molecule has 1 atom stereocenters. The summed E-state index contributed by atoms with van der Waals surface area (Å²) in [6, 6.07) is 7.13. The fourth-order valence-corrected chi connectivity index (χ4v) is 1.65. The lowest BCUT2D eigenvalue weighted by atomic mass is 10.1. The summed E-state index contributed by atoms with van der Waals surface area (Å²) in [6.07, 6.45) is 2.48. The fraction of sp³-hybridized carbons (Fsp3) is 0.375. The number of aryl methyl sites for hydroxylation is 1. The van der Waals surface area contributed by atoms with Crippen LogP contribution in [0.3, 0.4) is 0 Å². The molecule has 0 fully saturated rings. The maximum Gasteiger partial charge on any atom is 0.303 e. The normalized spacial score (nSPS) is 11.7. The summed E-state index contributed by atoms with van der Waals surface area (Å²) in [5, 5.41) is 11.4. The first-order valence-electron chi connectivity index (χ1n) is 6.87. The van der Waals surface area contributed by atoms with Crippen LogP contribution >= 0.6 is 0 Å². The Balaban J connectivity index is 2.45. The summed E-state index contributed by atoms with van der Waals surface area (Å²) in [5.41, 5.74) is 1.59. The first-order chi connectivity index (χ1) is 10.0. The molecule has 5 nitrogen and oxygen atoms in total. The van der Waals surface area contributed by atoms with Gasteiger partial charge in [-0.1, -0.05) is 18.2 Å². The molecule has 0 heterocycles. The largest absolute Gasteiger partial charge is 0.481 e. The van der Waals surface area contributed by atoms with Gasteiger partial charge in [0.05, 0.1) is 6.61 Å².